The molecule has 22 heavy (non-hydrogen) atoms. The Morgan fingerprint density at radius 3 is 2.77 bits per heavy atom. The van der Waals surface area contributed by atoms with E-state index >= 15 is 0 Å². The molecule has 2 heterocycles. The van der Waals surface area contributed by atoms with Gasteiger partial charge in [0.15, 0.2) is 0 Å². The van der Waals surface area contributed by atoms with Crippen molar-refractivity contribution in [3.8, 4) is 11.4 Å². The lowest BCUT2D eigenvalue weighted by molar-refractivity contribution is -0.385. The zero-order valence-corrected chi connectivity index (χ0v) is 11.8. The molecule has 0 bridgehead atoms. The molecule has 2 aromatic heterocycles. The second kappa shape index (κ2) is 5.76. The van der Waals surface area contributed by atoms with Gasteiger partial charge in [0.25, 0.3) is 5.89 Å². The Hall–Kier alpha value is -3.03. The molecule has 1 unspecified atom stereocenters. The summed E-state index contributed by atoms with van der Waals surface area (Å²) in [5, 5.41) is 18.7. The van der Waals surface area contributed by atoms with Gasteiger partial charge < -0.3 is 4.52 Å². The molecule has 0 saturated heterocycles. The standard InChI is InChI=1S/C14H13N5O3/c1-2-12(18-9-11(8-15-18)19(20)21)14-16-13(17-22-14)10-6-4-3-5-7-10/h3-9,12H,2H2,1H3. The van der Waals surface area contributed by atoms with Gasteiger partial charge in [-0.2, -0.15) is 10.1 Å². The zero-order valence-electron chi connectivity index (χ0n) is 11.8. The Bertz CT molecular complexity index is 781. The minimum atomic E-state index is -0.487. The van der Waals surface area contributed by atoms with Crippen molar-refractivity contribution in [3.05, 3.63) is 58.7 Å². The molecule has 0 fully saturated rings. The third-order valence-corrected chi connectivity index (χ3v) is 3.26. The molecular weight excluding hydrogens is 286 g/mol. The summed E-state index contributed by atoms with van der Waals surface area (Å²) in [4.78, 5) is 14.6. The first-order chi connectivity index (χ1) is 10.7. The molecule has 8 nitrogen and oxygen atoms in total. The van der Waals surface area contributed by atoms with E-state index < -0.39 is 4.92 Å². The minimum Gasteiger partial charge on any atom is -0.337 e. The van der Waals surface area contributed by atoms with E-state index in [0.717, 1.165) is 5.56 Å². The number of hydrogen-bond donors (Lipinski definition) is 0. The van der Waals surface area contributed by atoms with Gasteiger partial charge in [0.05, 0.1) is 4.92 Å². The predicted molar refractivity (Wildman–Crippen MR) is 77.0 cm³/mol. The van der Waals surface area contributed by atoms with Gasteiger partial charge in [-0.3, -0.25) is 14.8 Å². The lowest BCUT2D eigenvalue weighted by atomic mass is 10.2. The molecule has 0 saturated carbocycles. The zero-order chi connectivity index (χ0) is 15.5. The van der Waals surface area contributed by atoms with Crippen molar-refractivity contribution in [1.82, 2.24) is 19.9 Å². The van der Waals surface area contributed by atoms with Gasteiger partial charge in [0, 0.05) is 5.56 Å². The van der Waals surface area contributed by atoms with Crippen LogP contribution in [-0.2, 0) is 0 Å². The molecule has 3 aromatic rings. The highest BCUT2D eigenvalue weighted by atomic mass is 16.6. The summed E-state index contributed by atoms with van der Waals surface area (Å²) in [5.74, 6) is 0.857. The van der Waals surface area contributed by atoms with Crippen LogP contribution in [0, 0.1) is 10.1 Å². The first kappa shape index (κ1) is 13.9. The van der Waals surface area contributed by atoms with Crippen LogP contribution in [0.4, 0.5) is 5.69 Å². The quantitative estimate of drug-likeness (QED) is 0.530. The second-order valence-corrected chi connectivity index (χ2v) is 4.68. The van der Waals surface area contributed by atoms with E-state index in [2.05, 4.69) is 15.2 Å². The monoisotopic (exact) mass is 299 g/mol. The average Bonchev–Trinajstić information content (AvgIpc) is 3.19. The topological polar surface area (TPSA) is 99.9 Å². The highest BCUT2D eigenvalue weighted by molar-refractivity contribution is 5.53. The van der Waals surface area contributed by atoms with E-state index in [1.165, 1.54) is 17.1 Å². The summed E-state index contributed by atoms with van der Waals surface area (Å²) in [5.41, 5.74) is 0.778. The van der Waals surface area contributed by atoms with E-state index in [1.54, 1.807) is 0 Å². The van der Waals surface area contributed by atoms with Crippen molar-refractivity contribution >= 4 is 5.69 Å². The molecule has 8 heteroatoms. The van der Waals surface area contributed by atoms with Gasteiger partial charge in [-0.1, -0.05) is 42.4 Å². The van der Waals surface area contributed by atoms with E-state index in [-0.39, 0.29) is 11.7 Å². The van der Waals surface area contributed by atoms with Gasteiger partial charge in [-0.15, -0.1) is 0 Å². The van der Waals surface area contributed by atoms with Crippen molar-refractivity contribution in [2.24, 2.45) is 0 Å². The maximum Gasteiger partial charge on any atom is 0.307 e. The first-order valence-corrected chi connectivity index (χ1v) is 6.76. The largest absolute Gasteiger partial charge is 0.337 e. The molecule has 0 aliphatic heterocycles. The Balaban J connectivity index is 1.91. The van der Waals surface area contributed by atoms with Gasteiger partial charge in [0.1, 0.15) is 18.4 Å². The first-order valence-electron chi connectivity index (χ1n) is 6.76. The van der Waals surface area contributed by atoms with Crippen molar-refractivity contribution in [1.29, 1.82) is 0 Å². The maximum atomic E-state index is 10.8. The maximum absolute atomic E-state index is 10.8. The van der Waals surface area contributed by atoms with Gasteiger partial charge >= 0.3 is 5.69 Å². The summed E-state index contributed by atoms with van der Waals surface area (Å²) in [6, 6.07) is 9.11. The summed E-state index contributed by atoms with van der Waals surface area (Å²) in [6.45, 7) is 1.92. The average molecular weight is 299 g/mol. The normalized spacial score (nSPS) is 12.2. The molecule has 0 spiro atoms. The van der Waals surface area contributed by atoms with E-state index in [4.69, 9.17) is 4.52 Å². The molecule has 1 aromatic carbocycles. The van der Waals surface area contributed by atoms with Crippen LogP contribution in [-0.4, -0.2) is 24.8 Å². The van der Waals surface area contributed by atoms with Crippen molar-refractivity contribution in [2.45, 2.75) is 19.4 Å². The van der Waals surface area contributed by atoms with E-state index in [0.29, 0.717) is 18.1 Å². The van der Waals surface area contributed by atoms with Crippen molar-refractivity contribution in [2.75, 3.05) is 0 Å². The molecule has 3 rings (SSSR count). The van der Waals surface area contributed by atoms with Crippen LogP contribution in [0.5, 0.6) is 0 Å². The van der Waals surface area contributed by atoms with E-state index in [9.17, 15) is 10.1 Å². The Morgan fingerprint density at radius 2 is 2.14 bits per heavy atom. The lowest BCUT2D eigenvalue weighted by Crippen LogP contribution is -2.10. The van der Waals surface area contributed by atoms with Crippen LogP contribution >= 0.6 is 0 Å². The molecule has 1 atom stereocenters. The Kier molecular flexibility index (Phi) is 3.65. The van der Waals surface area contributed by atoms with Crippen LogP contribution in [0.3, 0.4) is 0 Å². The molecule has 112 valence electrons. The Morgan fingerprint density at radius 1 is 1.36 bits per heavy atom. The van der Waals surface area contributed by atoms with Crippen LogP contribution < -0.4 is 0 Å². The van der Waals surface area contributed by atoms with Crippen LogP contribution in [0.1, 0.15) is 25.3 Å². The van der Waals surface area contributed by atoms with Crippen LogP contribution in [0.2, 0.25) is 0 Å². The second-order valence-electron chi connectivity index (χ2n) is 4.68. The summed E-state index contributed by atoms with van der Waals surface area (Å²) in [7, 11) is 0. The highest BCUT2D eigenvalue weighted by Gasteiger charge is 2.22. The SMILES string of the molecule is CCC(c1nc(-c2ccccc2)no1)n1cc([N+](=O)[O-])cn1. The smallest absolute Gasteiger partial charge is 0.307 e. The number of aromatic nitrogens is 4. The number of nitro groups is 1. The number of benzene rings is 1. The van der Waals surface area contributed by atoms with Crippen LogP contribution in [0.15, 0.2) is 47.2 Å². The highest BCUT2D eigenvalue weighted by Crippen LogP contribution is 2.24. The van der Waals surface area contributed by atoms with Gasteiger partial charge in [0.2, 0.25) is 5.82 Å². The third kappa shape index (κ3) is 2.58. The van der Waals surface area contributed by atoms with Crippen LogP contribution in [0.25, 0.3) is 11.4 Å². The minimum absolute atomic E-state index is 0.0683. The molecule has 0 aliphatic rings. The fourth-order valence-corrected chi connectivity index (χ4v) is 2.14. The Labute approximate surface area is 125 Å². The number of rotatable bonds is 5. The van der Waals surface area contributed by atoms with Gasteiger partial charge in [-0.05, 0) is 6.42 Å². The van der Waals surface area contributed by atoms with Crippen molar-refractivity contribution in [3.63, 3.8) is 0 Å². The van der Waals surface area contributed by atoms with Gasteiger partial charge in [-0.25, -0.2) is 0 Å². The van der Waals surface area contributed by atoms with E-state index in [1.807, 2.05) is 37.3 Å². The van der Waals surface area contributed by atoms with Crippen molar-refractivity contribution < 1.29 is 9.45 Å². The molecule has 0 aliphatic carbocycles. The molecule has 0 radical (unpaired) electrons. The summed E-state index contributed by atoms with van der Waals surface area (Å²) < 4.78 is 6.78. The summed E-state index contributed by atoms with van der Waals surface area (Å²) in [6.07, 6.45) is 3.19. The fraction of sp³-hybridized carbons (Fsp3) is 0.214. The molecule has 0 amide bonds. The molecular formula is C14H13N5O3. The lowest BCUT2D eigenvalue weighted by Gasteiger charge is -2.09. The number of hydrogen-bond acceptors (Lipinski definition) is 6. The third-order valence-electron chi connectivity index (χ3n) is 3.26. The summed E-state index contributed by atoms with van der Waals surface area (Å²) >= 11 is 0. The number of nitrogens with zero attached hydrogens (tertiary/aromatic N) is 5. The molecule has 0 N–H and O–H groups in total. The fourth-order valence-electron chi connectivity index (χ4n) is 2.14. The predicted octanol–water partition coefficient (Wildman–Crippen LogP) is 2.84.